The van der Waals surface area contributed by atoms with Crippen molar-refractivity contribution in [1.82, 2.24) is 5.32 Å². The number of hydrogen-bond donors (Lipinski definition) is 1. The molecular formula is C29H33N3O2. The van der Waals surface area contributed by atoms with Crippen molar-refractivity contribution >= 4 is 17.3 Å². The smallest absolute Gasteiger partial charge is 0.225 e. The molecule has 0 radical (unpaired) electrons. The van der Waals surface area contributed by atoms with Gasteiger partial charge in [0.15, 0.2) is 0 Å². The summed E-state index contributed by atoms with van der Waals surface area (Å²) in [6, 6.07) is 25.4. The predicted molar refractivity (Wildman–Crippen MR) is 138 cm³/mol. The number of nitrogens with one attached hydrogen (secondary N) is 1. The molecule has 34 heavy (non-hydrogen) atoms. The fourth-order valence-corrected chi connectivity index (χ4v) is 5.30. The summed E-state index contributed by atoms with van der Waals surface area (Å²) in [5.74, 6) is 0.923. The molecular weight excluding hydrogens is 422 g/mol. The lowest BCUT2D eigenvalue weighted by Gasteiger charge is -2.49. The molecule has 0 bridgehead atoms. The van der Waals surface area contributed by atoms with Gasteiger partial charge < -0.3 is 19.9 Å². The molecule has 0 aliphatic carbocycles. The first-order valence-electron chi connectivity index (χ1n) is 12.2. The van der Waals surface area contributed by atoms with E-state index < -0.39 is 0 Å². The van der Waals surface area contributed by atoms with Crippen LogP contribution < -0.4 is 19.9 Å². The number of piperazine rings is 1. The van der Waals surface area contributed by atoms with E-state index in [-0.39, 0.29) is 17.9 Å². The number of amides is 1. The molecule has 2 aliphatic heterocycles. The highest BCUT2D eigenvalue weighted by molar-refractivity contribution is 5.82. The highest BCUT2D eigenvalue weighted by Gasteiger charge is 2.41. The van der Waals surface area contributed by atoms with Crippen LogP contribution in [-0.4, -0.2) is 45.2 Å². The number of aryl methyl sites for hydroxylation is 1. The molecule has 3 aromatic rings. The van der Waals surface area contributed by atoms with Crippen molar-refractivity contribution in [2.45, 2.75) is 25.8 Å². The molecule has 0 spiro atoms. The van der Waals surface area contributed by atoms with E-state index in [1.54, 1.807) is 7.11 Å². The van der Waals surface area contributed by atoms with Crippen LogP contribution in [0, 0.1) is 12.8 Å². The van der Waals surface area contributed by atoms with Gasteiger partial charge in [0.1, 0.15) is 5.75 Å². The van der Waals surface area contributed by atoms with Gasteiger partial charge in [-0.2, -0.15) is 0 Å². The van der Waals surface area contributed by atoms with E-state index in [0.717, 1.165) is 38.2 Å². The third kappa shape index (κ3) is 4.60. The van der Waals surface area contributed by atoms with E-state index >= 15 is 0 Å². The minimum absolute atomic E-state index is 0.0927. The quantitative estimate of drug-likeness (QED) is 0.604. The van der Waals surface area contributed by atoms with Crippen molar-refractivity contribution in [3.05, 3.63) is 89.5 Å². The Morgan fingerprint density at radius 2 is 1.82 bits per heavy atom. The fourth-order valence-electron chi connectivity index (χ4n) is 5.30. The van der Waals surface area contributed by atoms with Crippen LogP contribution >= 0.6 is 0 Å². The Labute approximate surface area is 202 Å². The third-order valence-electron chi connectivity index (χ3n) is 7.22. The summed E-state index contributed by atoms with van der Waals surface area (Å²) in [5, 5.41) is 3.24. The van der Waals surface area contributed by atoms with Crippen molar-refractivity contribution in [3.63, 3.8) is 0 Å². The van der Waals surface area contributed by atoms with Crippen LogP contribution in [0.4, 0.5) is 11.4 Å². The minimum Gasteiger partial charge on any atom is -0.497 e. The average Bonchev–Trinajstić information content (AvgIpc) is 2.88. The highest BCUT2D eigenvalue weighted by Crippen LogP contribution is 2.39. The summed E-state index contributed by atoms with van der Waals surface area (Å²) in [5.41, 5.74) is 6.17. The number of ether oxygens (including phenoxy) is 1. The van der Waals surface area contributed by atoms with Crippen LogP contribution in [0.15, 0.2) is 72.8 Å². The number of carbonyl (C=O) groups excluding carboxylic acids is 1. The maximum absolute atomic E-state index is 13.5. The molecule has 3 aromatic carbocycles. The Morgan fingerprint density at radius 3 is 2.59 bits per heavy atom. The SMILES string of the molecule is COc1ccc2c(c1)N1CCN(c3ccc(C)cc3)C[C@H]1[C@H](C(=O)NCCc1ccccc1)C2. The summed E-state index contributed by atoms with van der Waals surface area (Å²) in [6.07, 6.45) is 1.59. The zero-order valence-electron chi connectivity index (χ0n) is 20.0. The maximum Gasteiger partial charge on any atom is 0.225 e. The number of fused-ring (bicyclic) bond motifs is 3. The monoisotopic (exact) mass is 455 g/mol. The van der Waals surface area contributed by atoms with Crippen LogP contribution in [0.1, 0.15) is 16.7 Å². The van der Waals surface area contributed by atoms with Gasteiger partial charge in [-0.05, 0) is 49.1 Å². The second-order valence-corrected chi connectivity index (χ2v) is 9.37. The third-order valence-corrected chi connectivity index (χ3v) is 7.22. The van der Waals surface area contributed by atoms with Gasteiger partial charge in [0, 0.05) is 43.6 Å². The van der Waals surface area contributed by atoms with Gasteiger partial charge in [0.25, 0.3) is 0 Å². The van der Waals surface area contributed by atoms with Gasteiger partial charge >= 0.3 is 0 Å². The van der Waals surface area contributed by atoms with E-state index in [4.69, 9.17) is 4.74 Å². The van der Waals surface area contributed by atoms with E-state index in [1.165, 1.54) is 28.1 Å². The Kier molecular flexibility index (Phi) is 6.43. The lowest BCUT2D eigenvalue weighted by atomic mass is 9.83. The van der Waals surface area contributed by atoms with Gasteiger partial charge in [0.2, 0.25) is 5.91 Å². The molecule has 1 amide bonds. The lowest BCUT2D eigenvalue weighted by Crippen LogP contribution is -2.61. The Morgan fingerprint density at radius 1 is 1.03 bits per heavy atom. The molecule has 1 saturated heterocycles. The molecule has 2 atom stereocenters. The normalized spacial score (nSPS) is 19.2. The number of hydrogen-bond acceptors (Lipinski definition) is 4. The standard InChI is InChI=1S/C29H33N3O2/c1-21-8-11-24(12-9-21)31-16-17-32-27-19-25(34-2)13-10-23(27)18-26(28(32)20-31)29(33)30-15-14-22-6-4-3-5-7-22/h3-13,19,26,28H,14-18,20H2,1-2H3,(H,30,33)/t26-,28+/m1/s1. The summed E-state index contributed by atoms with van der Waals surface area (Å²) < 4.78 is 5.51. The number of nitrogens with zero attached hydrogens (tertiary/aromatic N) is 2. The summed E-state index contributed by atoms with van der Waals surface area (Å²) >= 11 is 0. The van der Waals surface area contributed by atoms with Crippen molar-refractivity contribution < 1.29 is 9.53 Å². The maximum atomic E-state index is 13.5. The predicted octanol–water partition coefficient (Wildman–Crippen LogP) is 4.23. The Bertz CT molecular complexity index is 1130. The van der Waals surface area contributed by atoms with Crippen LogP contribution in [-0.2, 0) is 17.6 Å². The van der Waals surface area contributed by atoms with E-state index in [9.17, 15) is 4.79 Å². The number of methoxy groups -OCH3 is 1. The summed E-state index contributed by atoms with van der Waals surface area (Å²) in [6.45, 7) is 5.41. The number of benzene rings is 3. The molecule has 1 N–H and O–H groups in total. The van der Waals surface area contributed by atoms with Gasteiger partial charge in [-0.25, -0.2) is 0 Å². The van der Waals surface area contributed by atoms with Crippen molar-refractivity contribution in [3.8, 4) is 5.75 Å². The first-order valence-corrected chi connectivity index (χ1v) is 12.2. The molecule has 176 valence electrons. The molecule has 0 saturated carbocycles. The van der Waals surface area contributed by atoms with Gasteiger partial charge in [-0.3, -0.25) is 4.79 Å². The van der Waals surface area contributed by atoms with Crippen LogP contribution in [0.2, 0.25) is 0 Å². The lowest BCUT2D eigenvalue weighted by molar-refractivity contribution is -0.125. The molecule has 2 heterocycles. The van der Waals surface area contributed by atoms with E-state index in [0.29, 0.717) is 6.54 Å². The average molecular weight is 456 g/mol. The first kappa shape index (κ1) is 22.3. The summed E-state index contributed by atoms with van der Waals surface area (Å²) in [4.78, 5) is 18.3. The summed E-state index contributed by atoms with van der Waals surface area (Å²) in [7, 11) is 1.71. The second kappa shape index (κ2) is 9.80. The van der Waals surface area contributed by atoms with Crippen molar-refractivity contribution in [1.29, 1.82) is 0 Å². The zero-order chi connectivity index (χ0) is 23.5. The number of rotatable bonds is 6. The number of anilines is 2. The topological polar surface area (TPSA) is 44.8 Å². The van der Waals surface area contributed by atoms with Crippen LogP contribution in [0.5, 0.6) is 5.75 Å². The van der Waals surface area contributed by atoms with E-state index in [2.05, 4.69) is 70.6 Å². The molecule has 0 aromatic heterocycles. The van der Waals surface area contributed by atoms with Crippen molar-refractivity contribution in [2.75, 3.05) is 43.1 Å². The molecule has 0 unspecified atom stereocenters. The fraction of sp³-hybridized carbons (Fsp3) is 0.345. The van der Waals surface area contributed by atoms with Crippen molar-refractivity contribution in [2.24, 2.45) is 5.92 Å². The second-order valence-electron chi connectivity index (χ2n) is 9.37. The molecule has 5 nitrogen and oxygen atoms in total. The van der Waals surface area contributed by atoms with Crippen LogP contribution in [0.3, 0.4) is 0 Å². The Hall–Kier alpha value is -3.47. The van der Waals surface area contributed by atoms with Crippen LogP contribution in [0.25, 0.3) is 0 Å². The van der Waals surface area contributed by atoms with Gasteiger partial charge in [-0.1, -0.05) is 54.1 Å². The molecule has 5 heteroatoms. The van der Waals surface area contributed by atoms with Gasteiger partial charge in [-0.15, -0.1) is 0 Å². The Balaban J connectivity index is 1.37. The largest absolute Gasteiger partial charge is 0.497 e. The number of carbonyl (C=O) groups is 1. The molecule has 2 aliphatic rings. The minimum atomic E-state index is -0.0927. The first-order chi connectivity index (χ1) is 16.6. The molecule has 5 rings (SSSR count). The highest BCUT2D eigenvalue weighted by atomic mass is 16.5. The zero-order valence-corrected chi connectivity index (χ0v) is 20.0. The van der Waals surface area contributed by atoms with Gasteiger partial charge in [0.05, 0.1) is 19.1 Å². The molecule has 1 fully saturated rings. The van der Waals surface area contributed by atoms with E-state index in [1.807, 2.05) is 24.3 Å².